The van der Waals surface area contributed by atoms with Crippen LogP contribution in [0.2, 0.25) is 0 Å². The SMILES string of the molecule is CCn1cc(C(=O)O)c(=O)c2cc(F)c(N3CC4CCC(C3)N4C(N)=NC(N)=NCCCCCCN=C(N)N=C(N)N3C4CCC3CN(c3cc5c(cc3F)c(=O)c(C(=O)O)cn5CC)C4)cc21. The van der Waals surface area contributed by atoms with Gasteiger partial charge in [-0.1, -0.05) is 12.8 Å². The van der Waals surface area contributed by atoms with Crippen LogP contribution >= 0.6 is 0 Å². The number of piperazine rings is 2. The number of aromatic carboxylic acids is 2. The van der Waals surface area contributed by atoms with Gasteiger partial charge in [0.1, 0.15) is 22.8 Å². The minimum Gasteiger partial charge on any atom is -0.477 e. The average molecular weight is 941 g/mol. The Bertz CT molecular complexity index is 2680. The molecule has 0 aliphatic carbocycles. The van der Waals surface area contributed by atoms with Gasteiger partial charge in [0.2, 0.25) is 22.8 Å². The third-order valence-corrected chi connectivity index (χ3v) is 13.7. The predicted molar refractivity (Wildman–Crippen MR) is 258 cm³/mol. The van der Waals surface area contributed by atoms with Crippen LogP contribution in [-0.4, -0.2) is 128 Å². The molecule has 22 heteroatoms. The van der Waals surface area contributed by atoms with E-state index in [1.807, 2.05) is 33.4 Å². The number of nitrogens with two attached hydrogens (primary N) is 4. The van der Waals surface area contributed by atoms with Gasteiger partial charge in [-0.3, -0.25) is 19.6 Å². The molecule has 10 N–H and O–H groups in total. The normalized spacial score (nSPS) is 21.2. The van der Waals surface area contributed by atoms with E-state index in [0.29, 0.717) is 74.8 Å². The summed E-state index contributed by atoms with van der Waals surface area (Å²) < 4.78 is 34.5. The zero-order valence-electron chi connectivity index (χ0n) is 38.2. The Balaban J connectivity index is 0.789. The molecule has 0 amide bonds. The van der Waals surface area contributed by atoms with Gasteiger partial charge in [0, 0.05) is 99.7 Å². The van der Waals surface area contributed by atoms with E-state index in [9.17, 15) is 29.4 Å². The number of guanidine groups is 4. The Morgan fingerprint density at radius 1 is 0.603 bits per heavy atom. The summed E-state index contributed by atoms with van der Waals surface area (Å²) in [4.78, 5) is 74.6. The van der Waals surface area contributed by atoms with Gasteiger partial charge in [0.15, 0.2) is 11.9 Å². The van der Waals surface area contributed by atoms with Crippen LogP contribution in [0.1, 0.15) is 85.9 Å². The Morgan fingerprint density at radius 3 is 1.28 bits per heavy atom. The van der Waals surface area contributed by atoms with Crippen molar-refractivity contribution in [2.24, 2.45) is 42.9 Å². The summed E-state index contributed by atoms with van der Waals surface area (Å²) in [6, 6.07) is 5.33. The smallest absolute Gasteiger partial charge is 0.341 e. The highest BCUT2D eigenvalue weighted by atomic mass is 19.1. The molecule has 6 heterocycles. The first-order valence-electron chi connectivity index (χ1n) is 23.1. The van der Waals surface area contributed by atoms with Crippen LogP contribution in [0, 0.1) is 11.6 Å². The van der Waals surface area contributed by atoms with Crippen molar-refractivity contribution in [3.63, 3.8) is 0 Å². The number of fused-ring (bicyclic) bond motifs is 6. The standard InChI is InChI=1S/C46H58F2N14O6/c1-3-57-23-31(41(65)66)39(63)29-15-33(47)37(17-35(29)57)59-19-25-9-10-26(20-59)61(25)45(51)55-43(49)53-13-7-5-6-8-14-54-44(50)56-46(52)62-27-11-12-28(62)22-60(21-27)38-18-36-30(16-34(38)48)40(64)32(42(67)68)24-58(36)4-2/h15-18,23-28H,3-14,19-22H2,1-2H3,(H,65,66)(H,67,68)(H4,49,51,53,55)(H4,50,52,54,56). The van der Waals surface area contributed by atoms with E-state index in [1.54, 1.807) is 21.3 Å². The van der Waals surface area contributed by atoms with Crippen molar-refractivity contribution in [1.82, 2.24) is 18.9 Å². The minimum atomic E-state index is -1.36. The minimum absolute atomic E-state index is 0.0240. The third-order valence-electron chi connectivity index (χ3n) is 13.7. The molecule has 68 heavy (non-hydrogen) atoms. The van der Waals surface area contributed by atoms with E-state index in [-0.39, 0.29) is 58.8 Å². The highest BCUT2D eigenvalue weighted by Crippen LogP contribution is 2.36. The third kappa shape index (κ3) is 9.22. The second-order valence-electron chi connectivity index (χ2n) is 17.8. The fourth-order valence-corrected chi connectivity index (χ4v) is 10.4. The number of anilines is 2. The zero-order chi connectivity index (χ0) is 48.6. The molecular formula is C46H58F2N14O6. The molecular weight excluding hydrogens is 883 g/mol. The van der Waals surface area contributed by atoms with E-state index in [0.717, 1.165) is 63.5 Å². The maximum Gasteiger partial charge on any atom is 0.341 e. The zero-order valence-corrected chi connectivity index (χ0v) is 38.2. The molecule has 0 spiro atoms. The molecule has 2 aromatic heterocycles. The van der Waals surface area contributed by atoms with E-state index in [4.69, 9.17) is 22.9 Å². The summed E-state index contributed by atoms with van der Waals surface area (Å²) in [5.41, 5.74) is 24.7. The predicted octanol–water partition coefficient (Wildman–Crippen LogP) is 2.86. The molecule has 20 nitrogen and oxygen atoms in total. The molecule has 362 valence electrons. The Kier molecular flexibility index (Phi) is 13.6. The van der Waals surface area contributed by atoms with Crippen molar-refractivity contribution in [2.75, 3.05) is 49.1 Å². The topological polar surface area (TPSA) is 285 Å². The molecule has 4 bridgehead atoms. The molecule has 4 aliphatic rings. The first-order valence-corrected chi connectivity index (χ1v) is 23.1. The number of aromatic nitrogens is 2. The second kappa shape index (κ2) is 19.5. The van der Waals surface area contributed by atoms with Crippen molar-refractivity contribution in [3.05, 3.63) is 79.9 Å². The van der Waals surface area contributed by atoms with Gasteiger partial charge in [-0.05, 0) is 76.6 Å². The summed E-state index contributed by atoms with van der Waals surface area (Å²) >= 11 is 0. The molecule has 4 saturated heterocycles. The summed E-state index contributed by atoms with van der Waals surface area (Å²) in [7, 11) is 0. The molecule has 8 rings (SSSR count). The van der Waals surface area contributed by atoms with Crippen molar-refractivity contribution >= 4 is 69.0 Å². The number of rotatable bonds is 13. The lowest BCUT2D eigenvalue weighted by atomic mass is 10.1. The maximum absolute atomic E-state index is 15.6. The summed E-state index contributed by atoms with van der Waals surface area (Å²) in [6.45, 7) is 7.25. The van der Waals surface area contributed by atoms with Gasteiger partial charge < -0.3 is 61.9 Å². The summed E-state index contributed by atoms with van der Waals surface area (Å²) in [5.74, 6) is -3.23. The second-order valence-corrected chi connectivity index (χ2v) is 17.8. The van der Waals surface area contributed by atoms with Crippen LogP contribution in [0.3, 0.4) is 0 Å². The van der Waals surface area contributed by atoms with Gasteiger partial charge in [-0.25, -0.2) is 18.4 Å². The van der Waals surface area contributed by atoms with E-state index >= 15 is 8.78 Å². The quantitative estimate of drug-likeness (QED) is 0.0639. The number of carbonyl (C=O) groups is 2. The fourth-order valence-electron chi connectivity index (χ4n) is 10.4. The number of carboxylic acid groups (broad SMARTS) is 2. The first-order chi connectivity index (χ1) is 32.6. The van der Waals surface area contributed by atoms with Crippen LogP contribution in [0.15, 0.2) is 66.2 Å². The number of nitrogens with zero attached hydrogens (tertiary/aromatic N) is 10. The Morgan fingerprint density at radius 2 is 0.956 bits per heavy atom. The fraction of sp³-hybridized carbons (Fsp3) is 0.478. The van der Waals surface area contributed by atoms with Crippen LogP contribution in [0.5, 0.6) is 0 Å². The van der Waals surface area contributed by atoms with E-state index in [2.05, 4.69) is 20.0 Å². The van der Waals surface area contributed by atoms with E-state index in [1.165, 1.54) is 12.4 Å². The number of aliphatic imine (C=N–C) groups is 4. The molecule has 4 atom stereocenters. The molecule has 4 aromatic rings. The Labute approximate surface area is 389 Å². The number of hydrogen-bond acceptors (Lipinski definition) is 8. The number of pyridine rings is 2. The monoisotopic (exact) mass is 940 g/mol. The number of benzene rings is 2. The lowest BCUT2D eigenvalue weighted by Crippen LogP contribution is -2.58. The van der Waals surface area contributed by atoms with Crippen LogP contribution in [0.25, 0.3) is 21.8 Å². The van der Waals surface area contributed by atoms with Crippen molar-refractivity contribution < 1.29 is 28.6 Å². The average Bonchev–Trinajstić information content (AvgIpc) is 3.73. The number of aryl methyl sites for hydroxylation is 2. The van der Waals surface area contributed by atoms with E-state index < -0.39 is 45.6 Å². The summed E-state index contributed by atoms with van der Waals surface area (Å²) in [5, 5.41) is 19.0. The van der Waals surface area contributed by atoms with Crippen LogP contribution in [-0.2, 0) is 13.1 Å². The maximum atomic E-state index is 15.6. The van der Waals surface area contributed by atoms with Crippen molar-refractivity contribution in [2.45, 2.75) is 102 Å². The lowest BCUT2D eigenvalue weighted by molar-refractivity contribution is 0.0684. The lowest BCUT2D eigenvalue weighted by Gasteiger charge is -2.42. The van der Waals surface area contributed by atoms with Gasteiger partial charge in [0.25, 0.3) is 0 Å². The molecule has 0 saturated carbocycles. The highest BCUT2D eigenvalue weighted by Gasteiger charge is 2.43. The molecule has 2 aromatic carbocycles. The number of halogens is 2. The van der Waals surface area contributed by atoms with Crippen molar-refractivity contribution in [3.8, 4) is 0 Å². The number of carboxylic acids is 2. The van der Waals surface area contributed by atoms with Gasteiger partial charge in [-0.2, -0.15) is 9.98 Å². The first kappa shape index (κ1) is 47.2. The Hall–Kier alpha value is -7.26. The number of unbranched alkanes of at least 4 members (excludes halogenated alkanes) is 3. The summed E-state index contributed by atoms with van der Waals surface area (Å²) in [6.07, 6.45) is 9.18. The molecule has 4 fully saturated rings. The van der Waals surface area contributed by atoms with Gasteiger partial charge in [0.05, 0.1) is 22.4 Å². The van der Waals surface area contributed by atoms with Crippen molar-refractivity contribution in [1.29, 1.82) is 0 Å². The van der Waals surface area contributed by atoms with Crippen LogP contribution < -0.4 is 43.6 Å². The number of hydrogen-bond donors (Lipinski definition) is 6. The molecule has 0 radical (unpaired) electrons. The largest absolute Gasteiger partial charge is 0.477 e. The highest BCUT2D eigenvalue weighted by molar-refractivity contribution is 5.96. The van der Waals surface area contributed by atoms with Gasteiger partial charge >= 0.3 is 11.9 Å². The molecule has 4 unspecified atom stereocenters. The molecule has 4 aliphatic heterocycles. The van der Waals surface area contributed by atoms with Gasteiger partial charge in [-0.15, -0.1) is 0 Å². The van der Waals surface area contributed by atoms with Crippen LogP contribution in [0.4, 0.5) is 20.2 Å².